The van der Waals surface area contributed by atoms with Gasteiger partial charge in [0.1, 0.15) is 0 Å². The number of nitrogens with two attached hydrogens (primary N) is 1. The number of H-pyrrole nitrogens is 1. The highest BCUT2D eigenvalue weighted by atomic mass is 35.5. The number of hydrogen-bond donors (Lipinski definition) is 3. The Morgan fingerprint density at radius 1 is 1.03 bits per heavy atom. The fourth-order valence-corrected chi connectivity index (χ4v) is 4.61. The highest BCUT2D eigenvalue weighted by molar-refractivity contribution is 6.44. The van der Waals surface area contributed by atoms with Crippen LogP contribution in [0.15, 0.2) is 64.6 Å². The number of aromatic amines is 1. The zero-order valence-electron chi connectivity index (χ0n) is 17.5. The molecular weight excluding hydrogens is 472 g/mol. The summed E-state index contributed by atoms with van der Waals surface area (Å²) in [5, 5.41) is 5.44. The minimum Gasteiger partial charge on any atom is -0.398 e. The summed E-state index contributed by atoms with van der Waals surface area (Å²) in [6, 6.07) is 3.43. The number of hydrogen-bond acceptors (Lipinski definition) is 2. The maximum atomic E-state index is 6.30. The van der Waals surface area contributed by atoms with Crippen LogP contribution in [-0.4, -0.2) is 11.5 Å². The van der Waals surface area contributed by atoms with Gasteiger partial charge in [-0.15, -0.1) is 0 Å². The molecule has 0 amide bonds. The SMILES string of the molecule is C=C(c1cc(Cl)c(Cl)cc1N)c1c[nH]cc1C1CCNC2=C1CC=C(Cl)C(Cl)=C2.CC. The highest BCUT2D eigenvalue weighted by Crippen LogP contribution is 2.42. The Morgan fingerprint density at radius 2 is 1.74 bits per heavy atom. The van der Waals surface area contributed by atoms with Crippen molar-refractivity contribution in [2.75, 3.05) is 12.3 Å². The van der Waals surface area contributed by atoms with Crippen LogP contribution >= 0.6 is 46.4 Å². The first-order valence-corrected chi connectivity index (χ1v) is 11.7. The molecule has 31 heavy (non-hydrogen) atoms. The Balaban J connectivity index is 0.00000132. The zero-order valence-corrected chi connectivity index (χ0v) is 20.5. The van der Waals surface area contributed by atoms with E-state index in [0.29, 0.717) is 25.8 Å². The molecule has 1 aromatic carbocycles. The van der Waals surface area contributed by atoms with Gasteiger partial charge >= 0.3 is 0 Å². The molecule has 1 atom stereocenters. The van der Waals surface area contributed by atoms with Crippen molar-refractivity contribution < 1.29 is 0 Å². The van der Waals surface area contributed by atoms with Gasteiger partial charge in [0.15, 0.2) is 0 Å². The molecule has 1 unspecified atom stereocenters. The Kier molecular flexibility index (Phi) is 7.87. The fourth-order valence-electron chi connectivity index (χ4n) is 3.95. The van der Waals surface area contributed by atoms with Gasteiger partial charge in [0.2, 0.25) is 0 Å². The summed E-state index contributed by atoms with van der Waals surface area (Å²) in [5.74, 6) is 0.202. The maximum Gasteiger partial charge on any atom is 0.0613 e. The molecule has 164 valence electrons. The quantitative estimate of drug-likeness (QED) is 0.377. The second-order valence-electron chi connectivity index (χ2n) is 7.11. The number of anilines is 1. The van der Waals surface area contributed by atoms with E-state index in [2.05, 4.69) is 16.9 Å². The van der Waals surface area contributed by atoms with Gasteiger partial charge in [0.05, 0.1) is 20.1 Å². The average Bonchev–Trinajstić information content (AvgIpc) is 3.20. The Hall–Kier alpha value is -1.78. The highest BCUT2D eigenvalue weighted by Gasteiger charge is 2.28. The fraction of sp³-hybridized carbons (Fsp3) is 0.250. The largest absolute Gasteiger partial charge is 0.398 e. The molecule has 4 rings (SSSR count). The average molecular weight is 497 g/mol. The van der Waals surface area contributed by atoms with Gasteiger partial charge in [-0.25, -0.2) is 0 Å². The van der Waals surface area contributed by atoms with Crippen LogP contribution in [0.25, 0.3) is 5.57 Å². The molecule has 2 aromatic rings. The van der Waals surface area contributed by atoms with E-state index in [9.17, 15) is 0 Å². The van der Waals surface area contributed by atoms with Crippen LogP contribution in [0.2, 0.25) is 10.0 Å². The Bertz CT molecular complexity index is 1090. The first kappa shape index (κ1) is 23.9. The lowest BCUT2D eigenvalue weighted by molar-refractivity contribution is 0.598. The molecule has 7 heteroatoms. The molecule has 0 fully saturated rings. The van der Waals surface area contributed by atoms with Crippen molar-refractivity contribution in [2.24, 2.45) is 0 Å². The van der Waals surface area contributed by atoms with Crippen LogP contribution in [0.4, 0.5) is 5.69 Å². The van der Waals surface area contributed by atoms with Crippen LogP contribution in [0.3, 0.4) is 0 Å². The number of nitrogens with one attached hydrogen (secondary N) is 2. The molecule has 4 N–H and O–H groups in total. The number of nitrogen functional groups attached to an aromatic ring is 1. The predicted octanol–water partition coefficient (Wildman–Crippen LogP) is 7.97. The molecular formula is C24H25Cl4N3. The molecule has 1 aromatic heterocycles. The third-order valence-corrected chi connectivity index (χ3v) is 6.90. The molecule has 1 aliphatic carbocycles. The van der Waals surface area contributed by atoms with Crippen LogP contribution < -0.4 is 11.1 Å². The smallest absolute Gasteiger partial charge is 0.0613 e. The van der Waals surface area contributed by atoms with Gasteiger partial charge in [0.25, 0.3) is 0 Å². The number of halogens is 4. The van der Waals surface area contributed by atoms with Crippen molar-refractivity contribution in [3.63, 3.8) is 0 Å². The van der Waals surface area contributed by atoms with E-state index in [1.807, 2.05) is 38.4 Å². The van der Waals surface area contributed by atoms with E-state index >= 15 is 0 Å². The van der Waals surface area contributed by atoms with E-state index in [1.165, 1.54) is 5.57 Å². The van der Waals surface area contributed by atoms with E-state index in [0.717, 1.165) is 47.3 Å². The number of aromatic nitrogens is 1. The van der Waals surface area contributed by atoms with Crippen LogP contribution in [0, 0.1) is 0 Å². The second-order valence-corrected chi connectivity index (χ2v) is 8.74. The lowest BCUT2D eigenvalue weighted by Crippen LogP contribution is -2.26. The molecule has 3 nitrogen and oxygen atoms in total. The summed E-state index contributed by atoms with van der Waals surface area (Å²) in [6.45, 7) is 9.14. The summed E-state index contributed by atoms with van der Waals surface area (Å²) in [7, 11) is 0. The molecule has 2 heterocycles. The molecule has 0 bridgehead atoms. The zero-order chi connectivity index (χ0) is 22.7. The van der Waals surface area contributed by atoms with E-state index < -0.39 is 0 Å². The minimum absolute atomic E-state index is 0.202. The molecule has 0 spiro atoms. The van der Waals surface area contributed by atoms with Gasteiger partial charge in [0, 0.05) is 47.4 Å². The van der Waals surface area contributed by atoms with Gasteiger partial charge in [-0.2, -0.15) is 0 Å². The van der Waals surface area contributed by atoms with Crippen molar-refractivity contribution in [1.29, 1.82) is 0 Å². The number of rotatable bonds is 3. The summed E-state index contributed by atoms with van der Waals surface area (Å²) in [4.78, 5) is 3.23. The van der Waals surface area contributed by atoms with Gasteiger partial charge in [-0.3, -0.25) is 0 Å². The van der Waals surface area contributed by atoms with Gasteiger partial charge in [-0.05, 0) is 47.8 Å². The maximum absolute atomic E-state index is 6.30. The third kappa shape index (κ3) is 4.85. The summed E-state index contributed by atoms with van der Waals surface area (Å²) >= 11 is 24.9. The molecule has 2 aliphatic rings. The first-order chi connectivity index (χ1) is 14.9. The number of allylic oxidation sites excluding steroid dienone is 5. The van der Waals surface area contributed by atoms with Gasteiger partial charge < -0.3 is 16.0 Å². The first-order valence-electron chi connectivity index (χ1n) is 10.2. The normalized spacial score (nSPS) is 18.1. The van der Waals surface area contributed by atoms with Crippen LogP contribution in [-0.2, 0) is 0 Å². The Labute approximate surface area is 203 Å². The second kappa shape index (κ2) is 10.2. The van der Waals surface area contributed by atoms with Crippen molar-refractivity contribution in [3.8, 4) is 0 Å². The predicted molar refractivity (Wildman–Crippen MR) is 136 cm³/mol. The van der Waals surface area contributed by atoms with Crippen molar-refractivity contribution in [3.05, 3.63) is 91.3 Å². The minimum atomic E-state index is 0.202. The van der Waals surface area contributed by atoms with E-state index in [-0.39, 0.29) is 5.92 Å². The third-order valence-electron chi connectivity index (χ3n) is 5.41. The van der Waals surface area contributed by atoms with Crippen molar-refractivity contribution in [1.82, 2.24) is 10.3 Å². The topological polar surface area (TPSA) is 53.8 Å². The van der Waals surface area contributed by atoms with E-state index in [1.54, 1.807) is 12.1 Å². The van der Waals surface area contributed by atoms with Crippen LogP contribution in [0.5, 0.6) is 0 Å². The van der Waals surface area contributed by atoms with E-state index in [4.69, 9.17) is 52.1 Å². The molecule has 0 saturated carbocycles. The molecule has 1 aliphatic heterocycles. The summed E-state index contributed by atoms with van der Waals surface area (Å²) in [6.07, 6.45) is 9.52. The van der Waals surface area contributed by atoms with Crippen molar-refractivity contribution in [2.45, 2.75) is 32.6 Å². The lowest BCUT2D eigenvalue weighted by atomic mass is 9.81. The van der Waals surface area contributed by atoms with Gasteiger partial charge in [-0.1, -0.05) is 72.9 Å². The van der Waals surface area contributed by atoms with Crippen molar-refractivity contribution >= 4 is 57.7 Å². The number of benzene rings is 1. The monoisotopic (exact) mass is 495 g/mol. The lowest BCUT2D eigenvalue weighted by Gasteiger charge is -2.29. The molecule has 0 radical (unpaired) electrons. The summed E-state index contributed by atoms with van der Waals surface area (Å²) < 4.78 is 0. The summed E-state index contributed by atoms with van der Waals surface area (Å²) in [5.41, 5.74) is 12.8. The Morgan fingerprint density at radius 3 is 2.48 bits per heavy atom. The van der Waals surface area contributed by atoms with Crippen LogP contribution in [0.1, 0.15) is 49.3 Å². The molecule has 0 saturated heterocycles. The standard InChI is InChI=1S/C22H19Cl4N3.C2H6/c1-11(14-6-18(24)19(25)7-21(14)27)15-9-28-10-16(15)12-4-5-29-22-8-20(26)17(23)3-2-13(12)22;1-2/h3,6-10,12,28-29H,1-2,4-5,27H2;1-2H3.